The molecule has 0 aliphatic carbocycles. The molecule has 246 valence electrons. The van der Waals surface area contributed by atoms with E-state index in [1.165, 1.54) is 11.8 Å². The first-order valence-corrected chi connectivity index (χ1v) is 15.6. The number of hydrogen-bond donors (Lipinski definition) is 8. The second-order valence-corrected chi connectivity index (χ2v) is 11.8. The molecule has 0 rings (SSSR count). The molecule has 0 heterocycles. The Hall–Kier alpha value is -3.40. The maximum absolute atomic E-state index is 13.3. The van der Waals surface area contributed by atoms with Crippen LogP contribution in [0.1, 0.15) is 72.6 Å². The van der Waals surface area contributed by atoms with Gasteiger partial charge in [0.05, 0.1) is 6.04 Å². The van der Waals surface area contributed by atoms with Crippen molar-refractivity contribution in [2.24, 2.45) is 17.6 Å². The summed E-state index contributed by atoms with van der Waals surface area (Å²) < 4.78 is 0. The molecule has 6 atom stereocenters. The summed E-state index contributed by atoms with van der Waals surface area (Å²) >= 11 is 1.50. The van der Waals surface area contributed by atoms with Gasteiger partial charge in [0.15, 0.2) is 0 Å². The lowest BCUT2D eigenvalue weighted by Gasteiger charge is -2.28. The molecule has 15 nitrogen and oxygen atoms in total. The predicted molar refractivity (Wildman–Crippen MR) is 159 cm³/mol. The van der Waals surface area contributed by atoms with Crippen LogP contribution in [0.15, 0.2) is 0 Å². The number of nitrogens with two attached hydrogens (primary N) is 1. The van der Waals surface area contributed by atoms with Crippen molar-refractivity contribution in [2.75, 3.05) is 12.0 Å². The zero-order valence-corrected chi connectivity index (χ0v) is 26.2. The van der Waals surface area contributed by atoms with E-state index in [0.29, 0.717) is 18.6 Å². The molecule has 0 aromatic heterocycles. The van der Waals surface area contributed by atoms with Crippen molar-refractivity contribution in [2.45, 2.75) is 103 Å². The number of carbonyl (C=O) groups excluding carboxylic acids is 4. The van der Waals surface area contributed by atoms with E-state index in [-0.39, 0.29) is 18.8 Å². The topological polar surface area (TPSA) is 254 Å². The lowest BCUT2D eigenvalue weighted by atomic mass is 9.97. The number of thioether (sulfide) groups is 1. The summed E-state index contributed by atoms with van der Waals surface area (Å²) in [4.78, 5) is 86.3. The van der Waals surface area contributed by atoms with E-state index in [9.17, 15) is 43.8 Å². The molecule has 16 heteroatoms. The minimum absolute atomic E-state index is 0.0711. The minimum Gasteiger partial charge on any atom is -0.481 e. The molecule has 9 N–H and O–H groups in total. The van der Waals surface area contributed by atoms with Crippen LogP contribution < -0.4 is 27.0 Å². The summed E-state index contributed by atoms with van der Waals surface area (Å²) in [5, 5.41) is 37.5. The van der Waals surface area contributed by atoms with E-state index >= 15 is 0 Å². The highest BCUT2D eigenvalue weighted by atomic mass is 32.2. The number of carboxylic acids is 3. The van der Waals surface area contributed by atoms with Crippen LogP contribution in [-0.4, -0.2) is 99.1 Å². The largest absolute Gasteiger partial charge is 0.481 e. The van der Waals surface area contributed by atoms with Gasteiger partial charge in [0, 0.05) is 12.8 Å². The molecule has 0 saturated heterocycles. The van der Waals surface area contributed by atoms with Crippen molar-refractivity contribution in [1.29, 1.82) is 0 Å². The summed E-state index contributed by atoms with van der Waals surface area (Å²) in [5.74, 6) is -7.03. The van der Waals surface area contributed by atoms with Gasteiger partial charge in [-0.15, -0.1) is 0 Å². The van der Waals surface area contributed by atoms with Gasteiger partial charge in [-0.25, -0.2) is 4.79 Å². The molecule has 0 saturated carbocycles. The third-order valence-electron chi connectivity index (χ3n) is 6.64. The fourth-order valence-corrected chi connectivity index (χ4v) is 4.40. The van der Waals surface area contributed by atoms with Crippen LogP contribution in [-0.2, 0) is 33.6 Å². The average molecular weight is 634 g/mol. The van der Waals surface area contributed by atoms with Crippen molar-refractivity contribution in [3.8, 4) is 0 Å². The number of rotatable bonds is 22. The van der Waals surface area contributed by atoms with Crippen LogP contribution >= 0.6 is 11.8 Å². The predicted octanol–water partition coefficient (Wildman–Crippen LogP) is -0.0876. The lowest BCUT2D eigenvalue weighted by Crippen LogP contribution is -2.59. The molecule has 0 aliphatic heterocycles. The van der Waals surface area contributed by atoms with Crippen LogP contribution in [0, 0.1) is 11.8 Å². The molecule has 0 aliphatic rings. The molecule has 6 unspecified atom stereocenters. The zero-order valence-electron chi connectivity index (χ0n) is 25.4. The highest BCUT2D eigenvalue weighted by Gasteiger charge is 2.33. The molecule has 43 heavy (non-hydrogen) atoms. The third kappa shape index (κ3) is 16.1. The number of carboxylic acid groups (broad SMARTS) is 3. The number of carbonyl (C=O) groups is 7. The molecular formula is C27H47N5O10S. The Morgan fingerprint density at radius 3 is 1.56 bits per heavy atom. The van der Waals surface area contributed by atoms with Gasteiger partial charge in [-0.1, -0.05) is 34.1 Å². The number of hydrogen-bond acceptors (Lipinski definition) is 9. The van der Waals surface area contributed by atoms with Gasteiger partial charge in [0.25, 0.3) is 0 Å². The average Bonchev–Trinajstić information content (AvgIpc) is 2.92. The van der Waals surface area contributed by atoms with Gasteiger partial charge >= 0.3 is 17.9 Å². The molecule has 0 bridgehead atoms. The molecule has 0 aromatic carbocycles. The normalized spacial score (nSPS) is 15.2. The maximum atomic E-state index is 13.3. The summed E-state index contributed by atoms with van der Waals surface area (Å²) in [6, 6.07) is -6.28. The van der Waals surface area contributed by atoms with Crippen molar-refractivity contribution in [1.82, 2.24) is 21.3 Å². The van der Waals surface area contributed by atoms with E-state index in [0.717, 1.165) is 0 Å². The van der Waals surface area contributed by atoms with E-state index in [1.807, 2.05) is 6.26 Å². The second-order valence-electron chi connectivity index (χ2n) is 10.8. The monoisotopic (exact) mass is 633 g/mol. The fourth-order valence-electron chi connectivity index (χ4n) is 3.91. The molecule has 0 fully saturated rings. The van der Waals surface area contributed by atoms with Crippen LogP contribution in [0.5, 0.6) is 0 Å². The first-order chi connectivity index (χ1) is 20.0. The number of nitrogens with one attached hydrogen (secondary N) is 4. The second kappa shape index (κ2) is 20.5. The van der Waals surface area contributed by atoms with E-state index in [2.05, 4.69) is 21.3 Å². The van der Waals surface area contributed by atoms with Gasteiger partial charge in [-0.05, 0) is 49.5 Å². The molecule has 4 amide bonds. The first-order valence-electron chi connectivity index (χ1n) is 14.2. The van der Waals surface area contributed by atoms with E-state index in [1.54, 1.807) is 27.7 Å². The molecular weight excluding hydrogens is 586 g/mol. The Kier molecular flexibility index (Phi) is 18.9. The third-order valence-corrected chi connectivity index (χ3v) is 7.29. The standard InChI is InChI=1S/C27H47N5O10S/c1-6-15(4)22(32-23(37)16(28)11-12-43-5)26(40)30-18(8-10-21(35)36)24(38)29-17(7-9-20(33)34)25(39)31-19(27(41)42)13-14(2)3/h14-19,22H,6-13,28H2,1-5H3,(H,29,38)(H,30,40)(H,31,39)(H,32,37)(H,33,34)(H,35,36)(H,41,42). The number of aliphatic carboxylic acids is 3. The first kappa shape index (κ1) is 39.6. The summed E-state index contributed by atoms with van der Waals surface area (Å²) in [6.45, 7) is 6.98. The Labute approximate surface area is 255 Å². The summed E-state index contributed by atoms with van der Waals surface area (Å²) in [6.07, 6.45) is 0.870. The van der Waals surface area contributed by atoms with Gasteiger partial charge in [0.2, 0.25) is 23.6 Å². The zero-order chi connectivity index (χ0) is 33.3. The van der Waals surface area contributed by atoms with Crippen LogP contribution in [0.4, 0.5) is 0 Å². The highest BCUT2D eigenvalue weighted by Crippen LogP contribution is 2.12. The smallest absolute Gasteiger partial charge is 0.326 e. The fraction of sp³-hybridized carbons (Fsp3) is 0.741. The summed E-state index contributed by atoms with van der Waals surface area (Å²) in [5.41, 5.74) is 5.93. The molecule has 0 spiro atoms. The Balaban J connectivity index is 6.01. The maximum Gasteiger partial charge on any atom is 0.326 e. The van der Waals surface area contributed by atoms with E-state index < -0.39 is 96.9 Å². The van der Waals surface area contributed by atoms with Gasteiger partial charge < -0.3 is 42.3 Å². The SMILES string of the molecule is CCC(C)C(NC(=O)C(N)CCSC)C(=O)NC(CCC(=O)O)C(=O)NC(CCC(=O)O)C(=O)NC(CC(C)C)C(=O)O. The van der Waals surface area contributed by atoms with Crippen LogP contribution in [0.2, 0.25) is 0 Å². The van der Waals surface area contributed by atoms with Gasteiger partial charge in [-0.3, -0.25) is 28.8 Å². The lowest BCUT2D eigenvalue weighted by molar-refractivity contribution is -0.143. The Morgan fingerprint density at radius 2 is 1.16 bits per heavy atom. The van der Waals surface area contributed by atoms with Crippen LogP contribution in [0.3, 0.4) is 0 Å². The van der Waals surface area contributed by atoms with Crippen molar-refractivity contribution in [3.05, 3.63) is 0 Å². The Bertz CT molecular complexity index is 980. The van der Waals surface area contributed by atoms with Crippen molar-refractivity contribution < 1.29 is 48.9 Å². The number of amides is 4. The highest BCUT2D eigenvalue weighted by molar-refractivity contribution is 7.98. The molecule has 0 radical (unpaired) electrons. The van der Waals surface area contributed by atoms with Gasteiger partial charge in [0.1, 0.15) is 24.2 Å². The van der Waals surface area contributed by atoms with Crippen LogP contribution in [0.25, 0.3) is 0 Å². The quantitative estimate of drug-likeness (QED) is 0.0779. The van der Waals surface area contributed by atoms with Crippen molar-refractivity contribution in [3.63, 3.8) is 0 Å². The minimum atomic E-state index is -1.50. The van der Waals surface area contributed by atoms with E-state index in [4.69, 9.17) is 10.8 Å². The van der Waals surface area contributed by atoms with Crippen molar-refractivity contribution >= 4 is 53.3 Å². The van der Waals surface area contributed by atoms with Gasteiger partial charge in [-0.2, -0.15) is 11.8 Å². The summed E-state index contributed by atoms with van der Waals surface area (Å²) in [7, 11) is 0. The molecule has 0 aromatic rings. The Morgan fingerprint density at radius 1 is 0.698 bits per heavy atom.